The lowest BCUT2D eigenvalue weighted by Crippen LogP contribution is -2.25. The standard InChI is InChI=1S/C16H27NO/c1-13(2)8-7-9-14(3)17-12-15-10-5-6-11-16(15)18-4/h5-6,10-11,13-14,17H,7-9,12H2,1-4H3/t14-/m0/s1. The minimum atomic E-state index is 0.564. The number of para-hydroxylation sites is 1. The molecule has 0 aliphatic carbocycles. The first-order valence-electron chi connectivity index (χ1n) is 6.98. The van der Waals surface area contributed by atoms with Crippen LogP contribution in [0.4, 0.5) is 0 Å². The molecule has 0 fully saturated rings. The van der Waals surface area contributed by atoms with Gasteiger partial charge in [-0.2, -0.15) is 0 Å². The van der Waals surface area contributed by atoms with Gasteiger partial charge in [0, 0.05) is 18.2 Å². The molecule has 0 amide bonds. The van der Waals surface area contributed by atoms with Gasteiger partial charge in [0.05, 0.1) is 7.11 Å². The monoisotopic (exact) mass is 249 g/mol. The Labute approximate surface area is 112 Å². The summed E-state index contributed by atoms with van der Waals surface area (Å²) in [6, 6.07) is 8.76. The fourth-order valence-corrected chi connectivity index (χ4v) is 2.07. The van der Waals surface area contributed by atoms with Gasteiger partial charge in [0.2, 0.25) is 0 Å². The molecule has 1 aromatic rings. The average Bonchev–Trinajstić information content (AvgIpc) is 2.36. The van der Waals surface area contributed by atoms with Gasteiger partial charge >= 0.3 is 0 Å². The predicted octanol–water partition coefficient (Wildman–Crippen LogP) is 4.00. The Kier molecular flexibility index (Phi) is 6.81. The normalized spacial score (nSPS) is 12.7. The van der Waals surface area contributed by atoms with E-state index in [0.29, 0.717) is 6.04 Å². The second-order valence-corrected chi connectivity index (χ2v) is 5.42. The van der Waals surface area contributed by atoms with E-state index in [1.807, 2.05) is 12.1 Å². The van der Waals surface area contributed by atoms with Crippen LogP contribution in [0.15, 0.2) is 24.3 Å². The van der Waals surface area contributed by atoms with Crippen LogP contribution >= 0.6 is 0 Å². The third kappa shape index (κ3) is 5.54. The van der Waals surface area contributed by atoms with Gasteiger partial charge in [-0.25, -0.2) is 0 Å². The van der Waals surface area contributed by atoms with Crippen LogP contribution in [0.25, 0.3) is 0 Å². The number of methoxy groups -OCH3 is 1. The Morgan fingerprint density at radius 2 is 1.83 bits per heavy atom. The Morgan fingerprint density at radius 3 is 2.50 bits per heavy atom. The van der Waals surface area contributed by atoms with E-state index in [4.69, 9.17) is 4.74 Å². The number of ether oxygens (including phenoxy) is 1. The van der Waals surface area contributed by atoms with Gasteiger partial charge in [-0.3, -0.25) is 0 Å². The molecule has 2 nitrogen and oxygen atoms in total. The fraction of sp³-hybridized carbons (Fsp3) is 0.625. The van der Waals surface area contributed by atoms with Crippen LogP contribution in [0.1, 0.15) is 45.6 Å². The first kappa shape index (κ1) is 15.0. The van der Waals surface area contributed by atoms with Crippen molar-refractivity contribution >= 4 is 0 Å². The third-order valence-electron chi connectivity index (χ3n) is 3.25. The molecule has 0 spiro atoms. The summed E-state index contributed by atoms with van der Waals surface area (Å²) in [5.41, 5.74) is 1.23. The smallest absolute Gasteiger partial charge is 0.123 e. The van der Waals surface area contributed by atoms with E-state index in [2.05, 4.69) is 38.2 Å². The lowest BCUT2D eigenvalue weighted by molar-refractivity contribution is 0.403. The third-order valence-corrected chi connectivity index (χ3v) is 3.25. The molecule has 1 rings (SSSR count). The highest BCUT2D eigenvalue weighted by Gasteiger charge is 2.05. The Hall–Kier alpha value is -1.02. The molecule has 2 heteroatoms. The van der Waals surface area contributed by atoms with Crippen molar-refractivity contribution in [1.29, 1.82) is 0 Å². The zero-order chi connectivity index (χ0) is 13.4. The summed E-state index contributed by atoms with van der Waals surface area (Å²) < 4.78 is 5.35. The number of rotatable bonds is 8. The van der Waals surface area contributed by atoms with E-state index in [0.717, 1.165) is 18.2 Å². The van der Waals surface area contributed by atoms with Gasteiger partial charge in [-0.1, -0.05) is 44.9 Å². The molecule has 0 aliphatic heterocycles. The van der Waals surface area contributed by atoms with Crippen molar-refractivity contribution in [2.75, 3.05) is 7.11 Å². The zero-order valence-corrected chi connectivity index (χ0v) is 12.2. The van der Waals surface area contributed by atoms with Gasteiger partial charge < -0.3 is 10.1 Å². The van der Waals surface area contributed by atoms with Gasteiger partial charge in [-0.05, 0) is 25.3 Å². The maximum atomic E-state index is 5.35. The molecule has 0 radical (unpaired) electrons. The molecule has 0 bridgehead atoms. The van der Waals surface area contributed by atoms with E-state index in [9.17, 15) is 0 Å². The van der Waals surface area contributed by atoms with Gasteiger partial charge in [0.1, 0.15) is 5.75 Å². The fourth-order valence-electron chi connectivity index (χ4n) is 2.07. The molecule has 1 N–H and O–H groups in total. The van der Waals surface area contributed by atoms with Crippen LogP contribution in [-0.2, 0) is 6.54 Å². The van der Waals surface area contributed by atoms with Crippen LogP contribution in [0, 0.1) is 5.92 Å². The van der Waals surface area contributed by atoms with Crippen LogP contribution < -0.4 is 10.1 Å². The molecular formula is C16H27NO. The quantitative estimate of drug-likeness (QED) is 0.752. The van der Waals surface area contributed by atoms with Crippen molar-refractivity contribution in [3.05, 3.63) is 29.8 Å². The second kappa shape index (κ2) is 8.15. The number of nitrogens with one attached hydrogen (secondary N) is 1. The van der Waals surface area contributed by atoms with Crippen LogP contribution in [0.5, 0.6) is 5.75 Å². The molecule has 1 atom stereocenters. The maximum Gasteiger partial charge on any atom is 0.123 e. The van der Waals surface area contributed by atoms with E-state index < -0.39 is 0 Å². The first-order chi connectivity index (χ1) is 8.63. The molecule has 0 aromatic heterocycles. The molecular weight excluding hydrogens is 222 g/mol. The maximum absolute atomic E-state index is 5.35. The van der Waals surface area contributed by atoms with E-state index >= 15 is 0 Å². The Balaban J connectivity index is 2.31. The summed E-state index contributed by atoms with van der Waals surface area (Å²) in [5.74, 6) is 1.78. The molecule has 0 saturated heterocycles. The summed E-state index contributed by atoms with van der Waals surface area (Å²) in [4.78, 5) is 0. The summed E-state index contributed by atoms with van der Waals surface area (Å²) in [7, 11) is 1.73. The highest BCUT2D eigenvalue weighted by atomic mass is 16.5. The molecule has 0 saturated carbocycles. The van der Waals surface area contributed by atoms with Crippen LogP contribution in [0.2, 0.25) is 0 Å². The lowest BCUT2D eigenvalue weighted by Gasteiger charge is -2.15. The molecule has 1 aromatic carbocycles. The van der Waals surface area contributed by atoms with Crippen molar-refractivity contribution in [1.82, 2.24) is 5.32 Å². The lowest BCUT2D eigenvalue weighted by atomic mass is 10.0. The molecule has 102 valence electrons. The van der Waals surface area contributed by atoms with E-state index in [1.165, 1.54) is 24.8 Å². The number of hydrogen-bond donors (Lipinski definition) is 1. The number of benzene rings is 1. The van der Waals surface area contributed by atoms with Crippen LogP contribution in [0.3, 0.4) is 0 Å². The second-order valence-electron chi connectivity index (χ2n) is 5.42. The van der Waals surface area contributed by atoms with Crippen molar-refractivity contribution in [3.63, 3.8) is 0 Å². The van der Waals surface area contributed by atoms with Crippen molar-refractivity contribution < 1.29 is 4.74 Å². The zero-order valence-electron chi connectivity index (χ0n) is 12.2. The highest BCUT2D eigenvalue weighted by molar-refractivity contribution is 5.32. The summed E-state index contributed by atoms with van der Waals surface area (Å²) in [6.07, 6.45) is 3.87. The predicted molar refractivity (Wildman–Crippen MR) is 78.0 cm³/mol. The minimum absolute atomic E-state index is 0.564. The van der Waals surface area contributed by atoms with Crippen molar-refractivity contribution in [2.45, 2.75) is 52.6 Å². The molecule has 0 aliphatic rings. The molecule has 0 unspecified atom stereocenters. The topological polar surface area (TPSA) is 21.3 Å². The highest BCUT2D eigenvalue weighted by Crippen LogP contribution is 2.17. The number of hydrogen-bond acceptors (Lipinski definition) is 2. The van der Waals surface area contributed by atoms with Gasteiger partial charge in [0.15, 0.2) is 0 Å². The summed E-state index contributed by atoms with van der Waals surface area (Å²) >= 11 is 0. The largest absolute Gasteiger partial charge is 0.496 e. The average molecular weight is 249 g/mol. The molecule has 0 heterocycles. The Bertz CT molecular complexity index is 336. The van der Waals surface area contributed by atoms with Crippen molar-refractivity contribution in [3.8, 4) is 5.75 Å². The Morgan fingerprint density at radius 1 is 1.11 bits per heavy atom. The SMILES string of the molecule is COc1ccccc1CN[C@@H](C)CCCC(C)C. The van der Waals surface area contributed by atoms with E-state index in [-0.39, 0.29) is 0 Å². The summed E-state index contributed by atoms with van der Waals surface area (Å²) in [6.45, 7) is 7.71. The summed E-state index contributed by atoms with van der Waals surface area (Å²) in [5, 5.41) is 3.57. The van der Waals surface area contributed by atoms with Crippen molar-refractivity contribution in [2.24, 2.45) is 5.92 Å². The first-order valence-corrected chi connectivity index (χ1v) is 6.98. The van der Waals surface area contributed by atoms with Gasteiger partial charge in [0.25, 0.3) is 0 Å². The minimum Gasteiger partial charge on any atom is -0.496 e. The van der Waals surface area contributed by atoms with E-state index in [1.54, 1.807) is 7.11 Å². The van der Waals surface area contributed by atoms with Gasteiger partial charge in [-0.15, -0.1) is 0 Å². The van der Waals surface area contributed by atoms with Crippen LogP contribution in [-0.4, -0.2) is 13.2 Å². The molecule has 18 heavy (non-hydrogen) atoms.